The van der Waals surface area contributed by atoms with Crippen LogP contribution >= 0.6 is 0 Å². The standard InChI is InChI=1S/C16H19N/c1-16(2)10-3-4-13(9-11-16)12-14-5-7-15(17)8-6-14/h3-11H,12,17H2,1-2H3. The van der Waals surface area contributed by atoms with E-state index < -0.39 is 0 Å². The van der Waals surface area contributed by atoms with Gasteiger partial charge in [-0.15, -0.1) is 0 Å². The fourth-order valence-corrected chi connectivity index (χ4v) is 1.84. The third kappa shape index (κ3) is 3.35. The molecule has 0 bridgehead atoms. The summed E-state index contributed by atoms with van der Waals surface area (Å²) in [6.45, 7) is 4.42. The molecule has 88 valence electrons. The highest BCUT2D eigenvalue weighted by Gasteiger charge is 2.10. The summed E-state index contributed by atoms with van der Waals surface area (Å²) < 4.78 is 0. The maximum absolute atomic E-state index is 5.68. The maximum Gasteiger partial charge on any atom is 0.0314 e. The molecule has 1 aliphatic rings. The Hall–Kier alpha value is -1.76. The first-order chi connectivity index (χ1) is 8.05. The van der Waals surface area contributed by atoms with Gasteiger partial charge in [0.2, 0.25) is 0 Å². The van der Waals surface area contributed by atoms with Crippen molar-refractivity contribution in [3.05, 3.63) is 65.8 Å². The fraction of sp³-hybridized carbons (Fsp3) is 0.250. The summed E-state index contributed by atoms with van der Waals surface area (Å²) in [5.41, 5.74) is 9.28. The van der Waals surface area contributed by atoms with Gasteiger partial charge in [-0.3, -0.25) is 0 Å². The molecule has 0 saturated carbocycles. The van der Waals surface area contributed by atoms with E-state index >= 15 is 0 Å². The summed E-state index contributed by atoms with van der Waals surface area (Å²) in [6, 6.07) is 8.08. The molecule has 1 aromatic carbocycles. The quantitative estimate of drug-likeness (QED) is 0.759. The van der Waals surface area contributed by atoms with E-state index in [1.165, 1.54) is 11.1 Å². The lowest BCUT2D eigenvalue weighted by molar-refractivity contribution is 0.627. The zero-order valence-electron chi connectivity index (χ0n) is 10.5. The molecule has 1 aliphatic carbocycles. The normalized spacial score (nSPS) is 17.6. The van der Waals surface area contributed by atoms with E-state index in [-0.39, 0.29) is 5.41 Å². The van der Waals surface area contributed by atoms with Crippen LogP contribution in [0.5, 0.6) is 0 Å². The number of allylic oxidation sites excluding steroid dienone is 6. The number of benzene rings is 1. The second-order valence-electron chi connectivity index (χ2n) is 5.17. The van der Waals surface area contributed by atoms with Crippen molar-refractivity contribution in [1.82, 2.24) is 0 Å². The molecule has 0 amide bonds. The maximum atomic E-state index is 5.68. The van der Waals surface area contributed by atoms with Gasteiger partial charge in [-0.1, -0.05) is 56.4 Å². The first kappa shape index (κ1) is 11.7. The highest BCUT2D eigenvalue weighted by Crippen LogP contribution is 2.24. The predicted molar refractivity (Wildman–Crippen MR) is 74.7 cm³/mol. The van der Waals surface area contributed by atoms with Crippen LogP contribution in [0, 0.1) is 5.41 Å². The van der Waals surface area contributed by atoms with Gasteiger partial charge in [-0.25, -0.2) is 0 Å². The topological polar surface area (TPSA) is 26.0 Å². The van der Waals surface area contributed by atoms with Crippen molar-refractivity contribution >= 4 is 5.69 Å². The second-order valence-corrected chi connectivity index (χ2v) is 5.17. The van der Waals surface area contributed by atoms with Gasteiger partial charge in [0.25, 0.3) is 0 Å². The number of rotatable bonds is 2. The number of hydrogen-bond acceptors (Lipinski definition) is 1. The molecular weight excluding hydrogens is 206 g/mol. The van der Waals surface area contributed by atoms with Gasteiger partial charge < -0.3 is 5.73 Å². The molecule has 0 spiro atoms. The molecule has 0 saturated heterocycles. The van der Waals surface area contributed by atoms with Crippen LogP contribution in [0.2, 0.25) is 0 Å². The minimum absolute atomic E-state index is 0.152. The number of anilines is 1. The van der Waals surface area contributed by atoms with Crippen molar-refractivity contribution in [2.24, 2.45) is 5.41 Å². The summed E-state index contributed by atoms with van der Waals surface area (Å²) in [5.74, 6) is 0. The monoisotopic (exact) mass is 225 g/mol. The Labute approximate surface area is 103 Å². The molecule has 1 nitrogen and oxygen atoms in total. The molecule has 0 radical (unpaired) electrons. The summed E-state index contributed by atoms with van der Waals surface area (Å²) in [7, 11) is 0. The molecule has 1 heteroatoms. The van der Waals surface area contributed by atoms with Gasteiger partial charge in [0, 0.05) is 11.1 Å². The molecule has 0 atom stereocenters. The summed E-state index contributed by atoms with van der Waals surface area (Å²) >= 11 is 0. The summed E-state index contributed by atoms with van der Waals surface area (Å²) in [6.07, 6.45) is 12.0. The van der Waals surface area contributed by atoms with Gasteiger partial charge in [0.1, 0.15) is 0 Å². The third-order valence-corrected chi connectivity index (χ3v) is 2.95. The average molecular weight is 225 g/mol. The largest absolute Gasteiger partial charge is 0.399 e. The summed E-state index contributed by atoms with van der Waals surface area (Å²) in [4.78, 5) is 0. The van der Waals surface area contributed by atoms with Crippen molar-refractivity contribution in [2.45, 2.75) is 20.3 Å². The van der Waals surface area contributed by atoms with Crippen LogP contribution in [0.25, 0.3) is 0 Å². The zero-order valence-corrected chi connectivity index (χ0v) is 10.5. The van der Waals surface area contributed by atoms with Crippen LogP contribution in [-0.2, 0) is 6.42 Å². The SMILES string of the molecule is CC1(C)C=CC=C(Cc2ccc(N)cc2)C=C1. The highest BCUT2D eigenvalue weighted by molar-refractivity contribution is 5.42. The number of nitrogens with two attached hydrogens (primary N) is 1. The molecule has 0 aliphatic heterocycles. The van der Waals surface area contributed by atoms with E-state index in [9.17, 15) is 0 Å². The van der Waals surface area contributed by atoms with E-state index in [4.69, 9.17) is 5.73 Å². The van der Waals surface area contributed by atoms with Crippen LogP contribution in [0.3, 0.4) is 0 Å². The van der Waals surface area contributed by atoms with Crippen LogP contribution < -0.4 is 5.73 Å². The first-order valence-electron chi connectivity index (χ1n) is 5.97. The molecule has 2 N–H and O–H groups in total. The molecule has 0 aromatic heterocycles. The van der Waals surface area contributed by atoms with Gasteiger partial charge in [0.15, 0.2) is 0 Å². The van der Waals surface area contributed by atoms with Gasteiger partial charge in [-0.05, 0) is 29.7 Å². The number of nitrogen functional groups attached to an aromatic ring is 1. The van der Waals surface area contributed by atoms with E-state index in [0.717, 1.165) is 12.1 Å². The van der Waals surface area contributed by atoms with Crippen LogP contribution in [-0.4, -0.2) is 0 Å². The molecule has 1 aromatic rings. The Morgan fingerprint density at radius 2 is 1.76 bits per heavy atom. The third-order valence-electron chi connectivity index (χ3n) is 2.95. The van der Waals surface area contributed by atoms with Crippen molar-refractivity contribution in [3.8, 4) is 0 Å². The van der Waals surface area contributed by atoms with E-state index in [0.29, 0.717) is 0 Å². The Morgan fingerprint density at radius 1 is 1.06 bits per heavy atom. The summed E-state index contributed by atoms with van der Waals surface area (Å²) in [5, 5.41) is 0. The van der Waals surface area contributed by atoms with Crippen LogP contribution in [0.15, 0.2) is 60.2 Å². The molecule has 0 unspecified atom stereocenters. The minimum atomic E-state index is 0.152. The van der Waals surface area contributed by atoms with Gasteiger partial charge in [-0.2, -0.15) is 0 Å². The van der Waals surface area contributed by atoms with E-state index in [2.05, 4.69) is 56.4 Å². The fourth-order valence-electron chi connectivity index (χ4n) is 1.84. The predicted octanol–water partition coefficient (Wildman–Crippen LogP) is 3.89. The molecule has 17 heavy (non-hydrogen) atoms. The van der Waals surface area contributed by atoms with Crippen molar-refractivity contribution < 1.29 is 0 Å². The molecule has 2 rings (SSSR count). The van der Waals surface area contributed by atoms with Crippen molar-refractivity contribution in [3.63, 3.8) is 0 Å². The number of hydrogen-bond donors (Lipinski definition) is 1. The molecular formula is C16H19N. The Bertz CT molecular complexity index is 473. The van der Waals surface area contributed by atoms with E-state index in [1.807, 2.05) is 12.1 Å². The zero-order chi connectivity index (χ0) is 12.3. The Morgan fingerprint density at radius 3 is 2.47 bits per heavy atom. The van der Waals surface area contributed by atoms with Gasteiger partial charge >= 0.3 is 0 Å². The van der Waals surface area contributed by atoms with Crippen molar-refractivity contribution in [2.75, 3.05) is 5.73 Å². The van der Waals surface area contributed by atoms with Gasteiger partial charge in [0.05, 0.1) is 0 Å². The van der Waals surface area contributed by atoms with Crippen molar-refractivity contribution in [1.29, 1.82) is 0 Å². The smallest absolute Gasteiger partial charge is 0.0314 e. The van der Waals surface area contributed by atoms with Crippen LogP contribution in [0.4, 0.5) is 5.69 Å². The lowest BCUT2D eigenvalue weighted by atomic mass is 9.93. The Balaban J connectivity index is 2.13. The Kier molecular flexibility index (Phi) is 3.19. The lowest BCUT2D eigenvalue weighted by Crippen LogP contribution is -2.00. The lowest BCUT2D eigenvalue weighted by Gasteiger charge is -2.12. The second kappa shape index (κ2) is 4.62. The molecule has 0 fully saturated rings. The average Bonchev–Trinajstić information content (AvgIpc) is 2.44. The minimum Gasteiger partial charge on any atom is -0.399 e. The first-order valence-corrected chi connectivity index (χ1v) is 5.97. The van der Waals surface area contributed by atoms with Crippen LogP contribution in [0.1, 0.15) is 19.4 Å². The molecule has 0 heterocycles. The highest BCUT2D eigenvalue weighted by atomic mass is 14.5. The van der Waals surface area contributed by atoms with E-state index in [1.54, 1.807) is 0 Å².